The third-order valence-corrected chi connectivity index (χ3v) is 11.2. The summed E-state index contributed by atoms with van der Waals surface area (Å²) in [5.74, 6) is 5.85. The summed E-state index contributed by atoms with van der Waals surface area (Å²) < 4.78 is 0. The molecule has 8 saturated carbocycles. The zero-order chi connectivity index (χ0) is 19.4. The van der Waals surface area contributed by atoms with E-state index in [0.717, 1.165) is 35.5 Å². The van der Waals surface area contributed by atoms with Crippen LogP contribution >= 0.6 is 0 Å². The average Bonchev–Trinajstić information content (AvgIpc) is 2.65. The molecule has 0 aromatic heterocycles. The Kier molecular flexibility index (Phi) is 3.55. The minimum absolute atomic E-state index is 0.0992. The molecule has 1 heteroatoms. The Bertz CT molecular complexity index is 720. The molecule has 8 aliphatic carbocycles. The van der Waals surface area contributed by atoms with Crippen molar-refractivity contribution >= 4 is 7.85 Å². The molecular weight excluding hydrogens is 347 g/mol. The second kappa shape index (κ2) is 5.74. The lowest BCUT2D eigenvalue weighted by molar-refractivity contribution is -0.161. The fourth-order valence-electron chi connectivity index (χ4n) is 11.3. The largest absolute Gasteiger partial charge is 0.0825 e. The first kappa shape index (κ1) is 17.9. The van der Waals surface area contributed by atoms with Crippen molar-refractivity contribution in [2.24, 2.45) is 46.3 Å². The minimum Gasteiger partial charge on any atom is -0.0617 e. The second-order valence-electron chi connectivity index (χ2n) is 13.1. The summed E-state index contributed by atoms with van der Waals surface area (Å²) in [7, 11) is 8.09. The van der Waals surface area contributed by atoms with Gasteiger partial charge in [-0.3, -0.25) is 0 Å². The molecule has 0 aliphatic heterocycles. The van der Waals surface area contributed by atoms with Crippen LogP contribution in [0.5, 0.6) is 0 Å². The highest BCUT2D eigenvalue weighted by molar-refractivity contribution is 6.17. The smallest absolute Gasteiger partial charge is 0.0617 e. The van der Waals surface area contributed by atoms with Crippen molar-refractivity contribution in [2.75, 3.05) is 0 Å². The first-order chi connectivity index (χ1) is 14.0. The quantitative estimate of drug-likeness (QED) is 0.503. The maximum absolute atomic E-state index is 8.09. The molecule has 8 aliphatic rings. The number of benzene rings is 1. The summed E-state index contributed by atoms with van der Waals surface area (Å²) in [6, 6.07) is 9.55. The normalized spacial score (nSPS) is 51.3. The summed E-state index contributed by atoms with van der Waals surface area (Å²) in [5.41, 5.74) is 3.69. The highest BCUT2D eigenvalue weighted by Gasteiger charge is 2.68. The third-order valence-electron chi connectivity index (χ3n) is 11.2. The molecule has 0 unspecified atom stereocenters. The molecule has 0 atom stereocenters. The van der Waals surface area contributed by atoms with Gasteiger partial charge in [0.2, 0.25) is 0 Å². The lowest BCUT2D eigenvalue weighted by Gasteiger charge is -2.72. The van der Waals surface area contributed by atoms with Crippen LogP contribution in [0.25, 0.3) is 0 Å². The monoisotopic (exact) mass is 384 g/mol. The second-order valence-corrected chi connectivity index (χ2v) is 13.1. The van der Waals surface area contributed by atoms with E-state index in [-0.39, 0.29) is 5.31 Å². The van der Waals surface area contributed by atoms with Gasteiger partial charge in [0.05, 0.1) is 7.85 Å². The first-order valence-corrected chi connectivity index (χ1v) is 12.8. The molecule has 0 amide bonds. The molecule has 0 saturated heterocycles. The number of aryl methyl sites for hydroxylation is 1. The van der Waals surface area contributed by atoms with Gasteiger partial charge in [-0.1, -0.05) is 29.8 Å². The van der Waals surface area contributed by atoms with Crippen LogP contribution in [0.3, 0.4) is 0 Å². The first-order valence-electron chi connectivity index (χ1n) is 12.8. The fraction of sp³-hybridized carbons (Fsp3) is 0.786. The van der Waals surface area contributed by atoms with E-state index in [1.807, 2.05) is 0 Å². The van der Waals surface area contributed by atoms with Crippen molar-refractivity contribution in [3.63, 3.8) is 0 Å². The zero-order valence-corrected chi connectivity index (χ0v) is 18.3. The molecule has 0 nitrogen and oxygen atoms in total. The van der Waals surface area contributed by atoms with E-state index in [2.05, 4.69) is 31.2 Å². The van der Waals surface area contributed by atoms with E-state index in [1.165, 1.54) is 88.2 Å². The van der Waals surface area contributed by atoms with Crippen LogP contribution in [-0.4, -0.2) is 7.85 Å². The highest BCUT2D eigenvalue weighted by atomic mass is 14.7. The molecule has 0 N–H and O–H groups in total. The lowest BCUT2D eigenvalue weighted by Crippen LogP contribution is -2.67. The number of hydrogen-bond donors (Lipinski definition) is 0. The minimum atomic E-state index is -0.0992. The van der Waals surface area contributed by atoms with E-state index in [1.54, 1.807) is 0 Å². The molecule has 152 valence electrons. The van der Waals surface area contributed by atoms with E-state index >= 15 is 0 Å². The predicted molar refractivity (Wildman–Crippen MR) is 120 cm³/mol. The summed E-state index contributed by atoms with van der Waals surface area (Å²) in [6.45, 7) is 2.28. The van der Waals surface area contributed by atoms with Crippen molar-refractivity contribution in [2.45, 2.75) is 89.3 Å². The van der Waals surface area contributed by atoms with Crippen LogP contribution in [0.2, 0.25) is 0 Å². The summed E-state index contributed by atoms with van der Waals surface area (Å²) in [5, 5.41) is -0.0992. The van der Waals surface area contributed by atoms with E-state index in [4.69, 9.17) is 7.85 Å². The van der Waals surface area contributed by atoms with Gasteiger partial charge in [0.25, 0.3) is 0 Å². The van der Waals surface area contributed by atoms with Crippen LogP contribution in [0.15, 0.2) is 24.3 Å². The van der Waals surface area contributed by atoms with Crippen molar-refractivity contribution in [3.05, 3.63) is 35.4 Å². The van der Waals surface area contributed by atoms with Gasteiger partial charge in [0, 0.05) is 0 Å². The van der Waals surface area contributed by atoms with E-state index < -0.39 is 0 Å². The highest BCUT2D eigenvalue weighted by Crippen LogP contribution is 2.75. The summed E-state index contributed by atoms with van der Waals surface area (Å²) >= 11 is 0. The van der Waals surface area contributed by atoms with Crippen molar-refractivity contribution in [1.29, 1.82) is 0 Å². The molecular formula is C28H37B. The third kappa shape index (κ3) is 2.29. The molecule has 8 fully saturated rings. The Morgan fingerprint density at radius 2 is 1.07 bits per heavy atom. The van der Waals surface area contributed by atoms with Gasteiger partial charge in [-0.15, -0.1) is 0 Å². The Morgan fingerprint density at radius 1 is 0.690 bits per heavy atom. The molecule has 1 aromatic carbocycles. The van der Waals surface area contributed by atoms with Crippen LogP contribution in [0.4, 0.5) is 0 Å². The van der Waals surface area contributed by atoms with Crippen molar-refractivity contribution < 1.29 is 0 Å². The Labute approximate surface area is 179 Å². The zero-order valence-electron chi connectivity index (χ0n) is 18.3. The number of hydrogen-bond acceptors (Lipinski definition) is 0. The maximum Gasteiger partial charge on any atom is 0.0825 e. The number of rotatable bonds is 3. The predicted octanol–water partition coefficient (Wildman–Crippen LogP) is 6.79. The Hall–Kier alpha value is -0.715. The molecule has 9 rings (SSSR count). The Balaban J connectivity index is 1.43. The SMILES string of the molecule is [B]C(c1cccc(C)c1)(C12CC3CC(CC(C3)C1)C2)C12CC3CC(CC(C3)C1)C2. The fourth-order valence-corrected chi connectivity index (χ4v) is 11.3. The average molecular weight is 384 g/mol. The molecule has 29 heavy (non-hydrogen) atoms. The van der Waals surface area contributed by atoms with Crippen LogP contribution < -0.4 is 0 Å². The van der Waals surface area contributed by atoms with Gasteiger partial charge in [0.15, 0.2) is 0 Å². The molecule has 1 aromatic rings. The molecule has 8 bridgehead atoms. The molecule has 0 heterocycles. The van der Waals surface area contributed by atoms with Gasteiger partial charge in [0.1, 0.15) is 0 Å². The van der Waals surface area contributed by atoms with E-state index in [9.17, 15) is 0 Å². The summed E-state index contributed by atoms with van der Waals surface area (Å²) in [4.78, 5) is 0. The van der Waals surface area contributed by atoms with E-state index in [0.29, 0.717) is 10.8 Å². The van der Waals surface area contributed by atoms with Crippen LogP contribution in [0.1, 0.15) is 88.2 Å². The maximum atomic E-state index is 8.09. The van der Waals surface area contributed by atoms with Gasteiger partial charge < -0.3 is 0 Å². The van der Waals surface area contributed by atoms with Gasteiger partial charge >= 0.3 is 0 Å². The van der Waals surface area contributed by atoms with Crippen molar-refractivity contribution in [1.82, 2.24) is 0 Å². The standard InChI is InChI=1S/C28H37B/c1-18-3-2-4-25(5-18)28(29,26-12-19-6-20(13-26)8-21(7-19)14-26)27-15-22-9-23(16-27)11-24(10-22)17-27/h2-5,19-24H,6-17H2,1H3. The molecule has 2 radical (unpaired) electrons. The van der Waals surface area contributed by atoms with Gasteiger partial charge in [-0.2, -0.15) is 0 Å². The van der Waals surface area contributed by atoms with Crippen molar-refractivity contribution in [3.8, 4) is 0 Å². The van der Waals surface area contributed by atoms with Crippen LogP contribution in [0, 0.1) is 53.3 Å². The van der Waals surface area contributed by atoms with Gasteiger partial charge in [-0.25, -0.2) is 0 Å². The summed E-state index contributed by atoms with van der Waals surface area (Å²) in [6.07, 6.45) is 17.7. The lowest BCUT2D eigenvalue weighted by atomic mass is 9.27. The molecule has 0 spiro atoms. The van der Waals surface area contributed by atoms with Crippen LogP contribution in [-0.2, 0) is 5.31 Å². The topological polar surface area (TPSA) is 0 Å². The Morgan fingerprint density at radius 3 is 1.41 bits per heavy atom. The van der Waals surface area contributed by atoms with Gasteiger partial charge in [-0.05, 0) is 141 Å².